The Morgan fingerprint density at radius 2 is 1.85 bits per heavy atom. The van der Waals surface area contributed by atoms with E-state index < -0.39 is 14.9 Å². The molecule has 110 valence electrons. The Balaban J connectivity index is 1.83. The summed E-state index contributed by atoms with van der Waals surface area (Å²) in [7, 11) is -3.60. The summed E-state index contributed by atoms with van der Waals surface area (Å²) in [6.45, 7) is 1.80. The van der Waals surface area contributed by atoms with E-state index in [4.69, 9.17) is 0 Å². The first-order valence-electron chi connectivity index (χ1n) is 6.44. The zero-order valence-corrected chi connectivity index (χ0v) is 11.7. The second kappa shape index (κ2) is 6.29. The summed E-state index contributed by atoms with van der Waals surface area (Å²) in [5.41, 5.74) is -0.130. The van der Waals surface area contributed by atoms with Crippen molar-refractivity contribution in [2.75, 3.05) is 19.6 Å². The molecule has 0 unspecified atom stereocenters. The van der Waals surface area contributed by atoms with E-state index in [1.165, 1.54) is 37.1 Å². The minimum absolute atomic E-state index is 0.0327. The largest absolute Gasteiger partial charge is 0.315 e. The molecule has 0 amide bonds. The van der Waals surface area contributed by atoms with Gasteiger partial charge >= 0.3 is 0 Å². The number of benzene rings is 1. The molecule has 7 nitrogen and oxygen atoms in total. The maximum Gasteiger partial charge on any atom is 0.269 e. The molecule has 1 fully saturated rings. The van der Waals surface area contributed by atoms with Crippen molar-refractivity contribution >= 4 is 15.7 Å². The zero-order chi connectivity index (χ0) is 14.6. The number of nitrogens with one attached hydrogen (secondary N) is 2. The Hall–Kier alpha value is -1.51. The van der Waals surface area contributed by atoms with Crippen LogP contribution in [0.5, 0.6) is 0 Å². The monoisotopic (exact) mass is 299 g/mol. The molecule has 20 heavy (non-hydrogen) atoms. The third-order valence-electron chi connectivity index (χ3n) is 3.08. The van der Waals surface area contributed by atoms with Crippen molar-refractivity contribution in [2.45, 2.75) is 17.7 Å². The minimum atomic E-state index is -3.60. The molecule has 0 saturated heterocycles. The predicted octanol–water partition coefficient (Wildman–Crippen LogP) is 0.873. The molecule has 0 aliphatic heterocycles. The number of rotatable bonds is 8. The Morgan fingerprint density at radius 1 is 1.20 bits per heavy atom. The van der Waals surface area contributed by atoms with Crippen LogP contribution in [0.4, 0.5) is 5.69 Å². The molecule has 2 N–H and O–H groups in total. The van der Waals surface area contributed by atoms with Gasteiger partial charge in [-0.05, 0) is 37.4 Å². The van der Waals surface area contributed by atoms with E-state index in [0.717, 1.165) is 12.5 Å². The Bertz CT molecular complexity index is 567. The van der Waals surface area contributed by atoms with Crippen LogP contribution in [0.2, 0.25) is 0 Å². The first kappa shape index (κ1) is 14.9. The summed E-state index contributed by atoms with van der Waals surface area (Å²) < 4.78 is 26.3. The number of hydrogen-bond acceptors (Lipinski definition) is 5. The number of sulfonamides is 1. The van der Waals surface area contributed by atoms with E-state index in [9.17, 15) is 18.5 Å². The highest BCUT2D eigenvalue weighted by atomic mass is 32.2. The van der Waals surface area contributed by atoms with Crippen molar-refractivity contribution in [1.82, 2.24) is 10.0 Å². The molecule has 1 saturated carbocycles. The Morgan fingerprint density at radius 3 is 2.40 bits per heavy atom. The number of nitro groups is 1. The van der Waals surface area contributed by atoms with Gasteiger partial charge in [0.2, 0.25) is 10.0 Å². The van der Waals surface area contributed by atoms with Crippen LogP contribution in [0.25, 0.3) is 0 Å². The lowest BCUT2D eigenvalue weighted by atomic mass is 10.3. The zero-order valence-electron chi connectivity index (χ0n) is 10.9. The maximum absolute atomic E-state index is 11.9. The van der Waals surface area contributed by atoms with Crippen molar-refractivity contribution in [2.24, 2.45) is 5.92 Å². The average Bonchev–Trinajstić information content (AvgIpc) is 3.22. The van der Waals surface area contributed by atoms with E-state index >= 15 is 0 Å². The lowest BCUT2D eigenvalue weighted by Crippen LogP contribution is -2.32. The normalized spacial score (nSPS) is 15.2. The topological polar surface area (TPSA) is 101 Å². The molecule has 1 aromatic rings. The molecule has 0 spiro atoms. The molecular weight excluding hydrogens is 282 g/mol. The highest BCUT2D eigenvalue weighted by Crippen LogP contribution is 2.27. The number of nitro benzene ring substituents is 1. The third-order valence-corrected chi connectivity index (χ3v) is 4.56. The molecular formula is C12H17N3O4S. The first-order chi connectivity index (χ1) is 9.49. The lowest BCUT2D eigenvalue weighted by Gasteiger charge is -2.07. The van der Waals surface area contributed by atoms with Gasteiger partial charge in [-0.2, -0.15) is 0 Å². The summed E-state index contributed by atoms with van der Waals surface area (Å²) in [5, 5.41) is 13.7. The minimum Gasteiger partial charge on any atom is -0.315 e. The SMILES string of the molecule is O=[N+]([O-])c1ccc(S(=O)(=O)NCCNCC2CC2)cc1. The van der Waals surface area contributed by atoms with Crippen LogP contribution in [-0.2, 0) is 10.0 Å². The molecule has 0 radical (unpaired) electrons. The van der Waals surface area contributed by atoms with Gasteiger partial charge in [0.1, 0.15) is 0 Å². The summed E-state index contributed by atoms with van der Waals surface area (Å²) in [6.07, 6.45) is 2.50. The number of non-ortho nitro benzene ring substituents is 1. The first-order valence-corrected chi connectivity index (χ1v) is 7.92. The smallest absolute Gasteiger partial charge is 0.269 e. The summed E-state index contributed by atoms with van der Waals surface area (Å²) in [5.74, 6) is 0.751. The van der Waals surface area contributed by atoms with Crippen LogP contribution in [0.1, 0.15) is 12.8 Å². The van der Waals surface area contributed by atoms with E-state index in [-0.39, 0.29) is 10.6 Å². The van der Waals surface area contributed by atoms with Gasteiger partial charge in [-0.25, -0.2) is 13.1 Å². The second-order valence-electron chi connectivity index (χ2n) is 4.80. The van der Waals surface area contributed by atoms with Crippen LogP contribution in [0.3, 0.4) is 0 Å². The number of nitrogens with zero attached hydrogens (tertiary/aromatic N) is 1. The molecule has 2 rings (SSSR count). The van der Waals surface area contributed by atoms with E-state index in [1.807, 2.05) is 0 Å². The van der Waals surface area contributed by atoms with Gasteiger partial charge in [-0.3, -0.25) is 10.1 Å². The fraction of sp³-hybridized carbons (Fsp3) is 0.500. The van der Waals surface area contributed by atoms with Crippen molar-refractivity contribution in [3.8, 4) is 0 Å². The van der Waals surface area contributed by atoms with Crippen LogP contribution in [-0.4, -0.2) is 33.0 Å². The molecule has 0 bridgehead atoms. The van der Waals surface area contributed by atoms with Gasteiger partial charge in [0.25, 0.3) is 5.69 Å². The van der Waals surface area contributed by atoms with Crippen molar-refractivity contribution in [1.29, 1.82) is 0 Å². The Kier molecular flexibility index (Phi) is 4.69. The molecule has 8 heteroatoms. The van der Waals surface area contributed by atoms with Crippen molar-refractivity contribution in [3.63, 3.8) is 0 Å². The average molecular weight is 299 g/mol. The van der Waals surface area contributed by atoms with Crippen LogP contribution < -0.4 is 10.0 Å². The maximum atomic E-state index is 11.9. The molecule has 0 aromatic heterocycles. The summed E-state index contributed by atoms with van der Waals surface area (Å²) in [6, 6.07) is 4.83. The molecule has 0 heterocycles. The van der Waals surface area contributed by atoms with E-state index in [2.05, 4.69) is 10.0 Å². The summed E-state index contributed by atoms with van der Waals surface area (Å²) in [4.78, 5) is 9.97. The van der Waals surface area contributed by atoms with Crippen molar-refractivity contribution < 1.29 is 13.3 Å². The van der Waals surface area contributed by atoms with E-state index in [1.54, 1.807) is 0 Å². The van der Waals surface area contributed by atoms with Gasteiger partial charge in [0.05, 0.1) is 9.82 Å². The molecule has 1 aromatic carbocycles. The summed E-state index contributed by atoms with van der Waals surface area (Å²) >= 11 is 0. The van der Waals surface area contributed by atoms with Gasteiger partial charge in [0.15, 0.2) is 0 Å². The standard InChI is InChI=1S/C12H17N3O4S/c16-15(17)11-3-5-12(6-4-11)20(18,19)14-8-7-13-9-10-1-2-10/h3-6,10,13-14H,1-2,7-9H2. The highest BCUT2D eigenvalue weighted by Gasteiger charge is 2.20. The molecule has 1 aliphatic rings. The number of hydrogen-bond donors (Lipinski definition) is 2. The van der Waals surface area contributed by atoms with Crippen molar-refractivity contribution in [3.05, 3.63) is 34.4 Å². The highest BCUT2D eigenvalue weighted by molar-refractivity contribution is 7.89. The quantitative estimate of drug-likeness (QED) is 0.421. The lowest BCUT2D eigenvalue weighted by molar-refractivity contribution is -0.384. The fourth-order valence-electron chi connectivity index (χ4n) is 1.73. The fourth-order valence-corrected chi connectivity index (χ4v) is 2.76. The van der Waals surface area contributed by atoms with Gasteiger partial charge in [-0.15, -0.1) is 0 Å². The van der Waals surface area contributed by atoms with Crippen LogP contribution in [0.15, 0.2) is 29.2 Å². The second-order valence-corrected chi connectivity index (χ2v) is 6.56. The predicted molar refractivity (Wildman–Crippen MR) is 73.9 cm³/mol. The van der Waals surface area contributed by atoms with Gasteiger partial charge in [-0.1, -0.05) is 0 Å². The van der Waals surface area contributed by atoms with Crippen LogP contribution >= 0.6 is 0 Å². The molecule has 0 atom stereocenters. The van der Waals surface area contributed by atoms with Crippen LogP contribution in [0, 0.1) is 16.0 Å². The van der Waals surface area contributed by atoms with E-state index in [0.29, 0.717) is 13.1 Å². The van der Waals surface area contributed by atoms with Gasteiger partial charge in [0, 0.05) is 25.2 Å². The molecule has 1 aliphatic carbocycles. The third kappa shape index (κ3) is 4.26. The Labute approximate surface area is 117 Å². The van der Waals surface area contributed by atoms with Gasteiger partial charge < -0.3 is 5.32 Å².